The highest BCUT2D eigenvalue weighted by Gasteiger charge is 2.28. The molecule has 0 spiro atoms. The topological polar surface area (TPSA) is 79.4 Å². The quantitative estimate of drug-likeness (QED) is 0.430. The van der Waals surface area contributed by atoms with Crippen molar-refractivity contribution >= 4 is 32.5 Å². The van der Waals surface area contributed by atoms with Crippen LogP contribution in [0.3, 0.4) is 0 Å². The molecule has 0 aliphatic rings. The maximum absolute atomic E-state index is 13.6. The van der Waals surface area contributed by atoms with Crippen molar-refractivity contribution in [3.05, 3.63) is 102 Å². The van der Waals surface area contributed by atoms with Gasteiger partial charge in [-0.25, -0.2) is 8.42 Å². The number of sulfonamides is 1. The van der Waals surface area contributed by atoms with E-state index in [2.05, 4.69) is 10.3 Å². The molecule has 33 heavy (non-hydrogen) atoms. The molecule has 0 saturated carbocycles. The number of aryl methyl sites for hydroxylation is 1. The van der Waals surface area contributed by atoms with E-state index in [1.165, 1.54) is 0 Å². The first-order valence-corrected chi connectivity index (χ1v) is 12.1. The summed E-state index contributed by atoms with van der Waals surface area (Å²) in [6.45, 7) is 1.96. The Kier molecular flexibility index (Phi) is 6.70. The van der Waals surface area contributed by atoms with Crippen LogP contribution in [0, 0.1) is 6.92 Å². The molecule has 1 amide bonds. The van der Waals surface area contributed by atoms with E-state index in [1.807, 2.05) is 49.4 Å². The second kappa shape index (κ2) is 9.83. The Morgan fingerprint density at radius 1 is 0.909 bits per heavy atom. The number of carbonyl (C=O) groups is 1. The van der Waals surface area contributed by atoms with Crippen LogP contribution in [-0.4, -0.2) is 32.4 Å². The SMILES string of the molecule is Cc1ccc(S(=O)(=O)N(CC(=O)NCCc2ccccc2)c2cccc3cccnc23)cc1. The minimum absolute atomic E-state index is 0.123. The molecule has 1 N–H and O–H groups in total. The molecule has 1 aromatic heterocycles. The minimum atomic E-state index is -4.00. The molecule has 1 heterocycles. The van der Waals surface area contributed by atoms with Gasteiger partial charge < -0.3 is 5.32 Å². The van der Waals surface area contributed by atoms with Crippen molar-refractivity contribution in [2.45, 2.75) is 18.2 Å². The highest BCUT2D eigenvalue weighted by molar-refractivity contribution is 7.92. The normalized spacial score (nSPS) is 11.3. The molecule has 3 aromatic carbocycles. The molecule has 0 radical (unpaired) electrons. The third kappa shape index (κ3) is 5.21. The number of hydrogen-bond donors (Lipinski definition) is 1. The molecule has 0 bridgehead atoms. The second-order valence-electron chi connectivity index (χ2n) is 7.76. The Labute approximate surface area is 194 Å². The Balaban J connectivity index is 1.64. The molecule has 168 valence electrons. The largest absolute Gasteiger partial charge is 0.354 e. The lowest BCUT2D eigenvalue weighted by molar-refractivity contribution is -0.119. The fourth-order valence-electron chi connectivity index (χ4n) is 3.60. The number of rotatable bonds is 8. The average Bonchev–Trinajstić information content (AvgIpc) is 2.83. The number of fused-ring (bicyclic) bond motifs is 1. The number of benzene rings is 3. The van der Waals surface area contributed by atoms with Gasteiger partial charge >= 0.3 is 0 Å². The zero-order valence-electron chi connectivity index (χ0n) is 18.3. The minimum Gasteiger partial charge on any atom is -0.354 e. The van der Waals surface area contributed by atoms with Gasteiger partial charge in [0.25, 0.3) is 10.0 Å². The molecule has 0 aliphatic heterocycles. The lowest BCUT2D eigenvalue weighted by atomic mass is 10.1. The van der Waals surface area contributed by atoms with E-state index < -0.39 is 10.0 Å². The fourth-order valence-corrected chi connectivity index (χ4v) is 5.03. The average molecular weight is 460 g/mol. The number of para-hydroxylation sites is 1. The standard InChI is InChI=1S/C26H25N3O3S/c1-20-12-14-23(15-13-20)33(31,32)29(24-11-5-9-22-10-6-17-28-26(22)24)19-25(30)27-18-16-21-7-3-2-4-8-21/h2-15,17H,16,18-19H2,1H3,(H,27,30). The number of amides is 1. The van der Waals surface area contributed by atoms with Gasteiger partial charge in [-0.15, -0.1) is 0 Å². The smallest absolute Gasteiger partial charge is 0.264 e. The zero-order valence-corrected chi connectivity index (χ0v) is 19.1. The molecule has 4 aromatic rings. The predicted molar refractivity (Wildman–Crippen MR) is 131 cm³/mol. The number of nitrogens with one attached hydrogen (secondary N) is 1. The van der Waals surface area contributed by atoms with Gasteiger partial charge in [0.05, 0.1) is 16.1 Å². The Morgan fingerprint density at radius 3 is 2.39 bits per heavy atom. The van der Waals surface area contributed by atoms with E-state index in [0.717, 1.165) is 20.8 Å². The van der Waals surface area contributed by atoms with Crippen molar-refractivity contribution in [1.29, 1.82) is 0 Å². The summed E-state index contributed by atoms with van der Waals surface area (Å²) >= 11 is 0. The predicted octanol–water partition coefficient (Wildman–Crippen LogP) is 4.10. The summed E-state index contributed by atoms with van der Waals surface area (Å²) in [6.07, 6.45) is 2.27. The molecule has 0 aliphatic carbocycles. The van der Waals surface area contributed by atoms with Gasteiger partial charge in [0.1, 0.15) is 6.54 Å². The summed E-state index contributed by atoms with van der Waals surface area (Å²) in [5.41, 5.74) is 2.94. The summed E-state index contributed by atoms with van der Waals surface area (Å²) in [5.74, 6) is -0.380. The molecule has 0 atom stereocenters. The van der Waals surface area contributed by atoms with Gasteiger partial charge in [-0.1, -0.05) is 66.2 Å². The summed E-state index contributed by atoms with van der Waals surface area (Å²) in [7, 11) is -4.00. The molecule has 4 rings (SSSR count). The van der Waals surface area contributed by atoms with Crippen LogP contribution >= 0.6 is 0 Å². The van der Waals surface area contributed by atoms with Crippen molar-refractivity contribution in [2.24, 2.45) is 0 Å². The Bertz CT molecular complexity index is 1350. The lowest BCUT2D eigenvalue weighted by Gasteiger charge is -2.25. The lowest BCUT2D eigenvalue weighted by Crippen LogP contribution is -2.41. The molecule has 6 nitrogen and oxygen atoms in total. The van der Waals surface area contributed by atoms with Crippen molar-refractivity contribution < 1.29 is 13.2 Å². The van der Waals surface area contributed by atoms with Gasteiger partial charge in [-0.3, -0.25) is 14.1 Å². The Morgan fingerprint density at radius 2 is 1.64 bits per heavy atom. The maximum atomic E-state index is 13.6. The first-order chi connectivity index (χ1) is 15.9. The first-order valence-electron chi connectivity index (χ1n) is 10.7. The van der Waals surface area contributed by atoms with Gasteiger partial charge in [0.2, 0.25) is 5.91 Å². The van der Waals surface area contributed by atoms with E-state index in [-0.39, 0.29) is 17.3 Å². The number of pyridine rings is 1. The van der Waals surface area contributed by atoms with Crippen LogP contribution in [0.1, 0.15) is 11.1 Å². The molecule has 0 unspecified atom stereocenters. The van der Waals surface area contributed by atoms with Crippen molar-refractivity contribution in [2.75, 3.05) is 17.4 Å². The van der Waals surface area contributed by atoms with Gasteiger partial charge in [-0.05, 0) is 43.2 Å². The summed E-state index contributed by atoms with van der Waals surface area (Å²) < 4.78 is 28.4. The van der Waals surface area contributed by atoms with Crippen LogP contribution in [-0.2, 0) is 21.2 Å². The monoisotopic (exact) mass is 459 g/mol. The van der Waals surface area contributed by atoms with Crippen molar-refractivity contribution in [1.82, 2.24) is 10.3 Å². The summed E-state index contributed by atoms with van der Waals surface area (Å²) in [5, 5.41) is 3.64. The third-order valence-corrected chi connectivity index (χ3v) is 7.13. The molecule has 0 saturated heterocycles. The van der Waals surface area contributed by atoms with Crippen molar-refractivity contribution in [3.63, 3.8) is 0 Å². The van der Waals surface area contributed by atoms with E-state index in [0.29, 0.717) is 24.2 Å². The molecular formula is C26H25N3O3S. The molecule has 0 fully saturated rings. The highest BCUT2D eigenvalue weighted by atomic mass is 32.2. The van der Waals surface area contributed by atoms with Crippen molar-refractivity contribution in [3.8, 4) is 0 Å². The van der Waals surface area contributed by atoms with E-state index in [4.69, 9.17) is 0 Å². The fraction of sp³-hybridized carbons (Fsp3) is 0.154. The second-order valence-corrected chi connectivity index (χ2v) is 9.62. The Hall–Kier alpha value is -3.71. The third-order valence-electron chi connectivity index (χ3n) is 5.35. The maximum Gasteiger partial charge on any atom is 0.264 e. The van der Waals surface area contributed by atoms with Gasteiger partial charge in [-0.2, -0.15) is 0 Å². The van der Waals surface area contributed by atoms with Crippen LogP contribution < -0.4 is 9.62 Å². The number of aromatic nitrogens is 1. The summed E-state index contributed by atoms with van der Waals surface area (Å²) in [4.78, 5) is 17.4. The number of carbonyl (C=O) groups excluding carboxylic acids is 1. The van der Waals surface area contributed by atoms with Gasteiger partial charge in [0.15, 0.2) is 0 Å². The zero-order chi connectivity index (χ0) is 23.3. The van der Waals surface area contributed by atoms with Gasteiger partial charge in [0, 0.05) is 18.1 Å². The molecular weight excluding hydrogens is 434 g/mol. The van der Waals surface area contributed by atoms with Crippen LogP contribution in [0.4, 0.5) is 5.69 Å². The number of nitrogens with zero attached hydrogens (tertiary/aromatic N) is 2. The number of anilines is 1. The van der Waals surface area contributed by atoms with Crippen LogP contribution in [0.5, 0.6) is 0 Å². The van der Waals surface area contributed by atoms with E-state index >= 15 is 0 Å². The molecule has 7 heteroatoms. The van der Waals surface area contributed by atoms with Crippen LogP contribution in [0.2, 0.25) is 0 Å². The van der Waals surface area contributed by atoms with E-state index in [9.17, 15) is 13.2 Å². The first kappa shape index (κ1) is 22.5. The summed E-state index contributed by atoms with van der Waals surface area (Å²) in [6, 6.07) is 25.4. The van der Waals surface area contributed by atoms with E-state index in [1.54, 1.807) is 48.7 Å². The number of hydrogen-bond acceptors (Lipinski definition) is 4. The van der Waals surface area contributed by atoms with Crippen LogP contribution in [0.15, 0.2) is 96.0 Å². The highest BCUT2D eigenvalue weighted by Crippen LogP contribution is 2.29. The van der Waals surface area contributed by atoms with Crippen LogP contribution in [0.25, 0.3) is 10.9 Å².